The summed E-state index contributed by atoms with van der Waals surface area (Å²) in [5.41, 5.74) is -0.238. The molecular formula is C5H5BINO2P+. The van der Waals surface area contributed by atoms with Crippen molar-refractivity contribution >= 4 is 40.6 Å². The molecule has 1 atom stereocenters. The van der Waals surface area contributed by atoms with Gasteiger partial charge in [0.15, 0.2) is 27.1 Å². The number of hydrogen-bond acceptors (Lipinski definition) is 2. The van der Waals surface area contributed by atoms with Crippen LogP contribution in [0.25, 0.3) is 4.85 Å². The molecule has 0 heterocycles. The summed E-state index contributed by atoms with van der Waals surface area (Å²) in [4.78, 5) is 13.6. The van der Waals surface area contributed by atoms with Gasteiger partial charge in [0.05, 0.1) is 13.2 Å². The van der Waals surface area contributed by atoms with E-state index in [0.717, 1.165) is 0 Å². The third-order valence-corrected chi connectivity index (χ3v) is 1.75. The van der Waals surface area contributed by atoms with Crippen molar-refractivity contribution < 1.29 is 9.32 Å². The van der Waals surface area contributed by atoms with Gasteiger partial charge in [0.25, 0.3) is 5.70 Å². The maximum absolute atomic E-state index is 10.8. The zero-order valence-corrected chi connectivity index (χ0v) is 8.93. The Balaban J connectivity index is 4.13. The topological polar surface area (TPSA) is 30.7 Å². The zero-order chi connectivity index (χ0) is 9.07. The Kier molecular flexibility index (Phi) is 4.05. The van der Waals surface area contributed by atoms with E-state index in [0.29, 0.717) is 0 Å². The largest absolute Gasteiger partial charge is 0.425 e. The third kappa shape index (κ3) is 5.22. The Morgan fingerprint density at radius 1 is 1.91 bits per heavy atom. The van der Waals surface area contributed by atoms with Crippen molar-refractivity contribution in [1.29, 1.82) is 0 Å². The lowest BCUT2D eigenvalue weighted by molar-refractivity contribution is -0.128. The van der Waals surface area contributed by atoms with Gasteiger partial charge in [-0.3, -0.25) is 4.79 Å². The highest BCUT2D eigenvalue weighted by Crippen LogP contribution is 2.60. The van der Waals surface area contributed by atoms with Gasteiger partial charge in [-0.15, -0.1) is 0 Å². The van der Waals surface area contributed by atoms with Crippen molar-refractivity contribution in [1.82, 2.24) is 0 Å². The van der Waals surface area contributed by atoms with Gasteiger partial charge in [-0.05, 0) is 0 Å². The highest BCUT2D eigenvalue weighted by molar-refractivity contribution is 14.2. The number of hydrogen-bond donors (Lipinski definition) is 0. The van der Waals surface area contributed by atoms with Crippen LogP contribution >= 0.6 is 27.1 Å². The average Bonchev–Trinajstić information content (AvgIpc) is 1.82. The van der Waals surface area contributed by atoms with E-state index < -0.39 is 11.0 Å². The quantitative estimate of drug-likeness (QED) is 0.254. The van der Waals surface area contributed by atoms with Crippen molar-refractivity contribution in [2.75, 3.05) is 6.66 Å². The summed E-state index contributed by atoms with van der Waals surface area (Å²) >= 11 is 1.84. The molecule has 0 aromatic carbocycles. The maximum Gasteiger partial charge on any atom is 0.425 e. The summed E-state index contributed by atoms with van der Waals surface area (Å²) in [6.07, 6.45) is 0. The molecule has 0 aliphatic rings. The Bertz CT molecular complexity index is 230. The van der Waals surface area contributed by atoms with Crippen molar-refractivity contribution in [2.24, 2.45) is 0 Å². The fraction of sp³-hybridized carbons (Fsp3) is 0.200. The molecule has 0 bridgehead atoms. The standard InChI is InChI=1S/C5H5BINO2P/c1-4(8-2)5(9)10-11(3,6)7/h1H2,3H3/q+1. The first kappa shape index (κ1) is 10.9. The summed E-state index contributed by atoms with van der Waals surface area (Å²) in [6.45, 7) is 11.2. The molecule has 0 saturated carbocycles. The second-order valence-electron chi connectivity index (χ2n) is 1.82. The van der Waals surface area contributed by atoms with Gasteiger partial charge in [-0.2, -0.15) is 0 Å². The van der Waals surface area contributed by atoms with E-state index >= 15 is 0 Å². The first-order chi connectivity index (χ1) is 4.87. The van der Waals surface area contributed by atoms with Gasteiger partial charge >= 0.3 is 13.5 Å². The highest BCUT2D eigenvalue weighted by atomic mass is 127. The monoisotopic (exact) mass is 280 g/mol. The van der Waals surface area contributed by atoms with Crippen LogP contribution in [0, 0.1) is 6.57 Å². The first-order valence-electron chi connectivity index (χ1n) is 2.52. The normalized spacial score (nSPS) is 14.3. The minimum absolute atomic E-state index is 0.238. The van der Waals surface area contributed by atoms with Crippen molar-refractivity contribution in [3.05, 3.63) is 23.7 Å². The molecule has 0 aromatic heterocycles. The van der Waals surface area contributed by atoms with E-state index in [4.69, 9.17) is 18.7 Å². The highest BCUT2D eigenvalue weighted by Gasteiger charge is 2.29. The van der Waals surface area contributed by atoms with Crippen LogP contribution in [0.2, 0.25) is 0 Å². The second-order valence-corrected chi connectivity index (χ2v) is 9.51. The van der Waals surface area contributed by atoms with E-state index in [-0.39, 0.29) is 5.70 Å². The second kappa shape index (κ2) is 4.08. The summed E-state index contributed by atoms with van der Waals surface area (Å²) < 4.78 is 4.71. The van der Waals surface area contributed by atoms with Crippen molar-refractivity contribution in [2.45, 2.75) is 0 Å². The number of nitrogens with zero attached hydrogens (tertiary/aromatic N) is 1. The van der Waals surface area contributed by atoms with Crippen LogP contribution in [-0.2, 0) is 9.32 Å². The van der Waals surface area contributed by atoms with Crippen molar-refractivity contribution in [3.8, 4) is 0 Å². The van der Waals surface area contributed by atoms with Crippen LogP contribution in [0.5, 0.6) is 0 Å². The van der Waals surface area contributed by atoms with Crippen LogP contribution in [0.15, 0.2) is 12.3 Å². The third-order valence-electron chi connectivity index (χ3n) is 0.632. The van der Waals surface area contributed by atoms with Crippen LogP contribution in [0.3, 0.4) is 0 Å². The molecule has 0 rings (SSSR count). The zero-order valence-electron chi connectivity index (χ0n) is 5.87. The Labute approximate surface area is 80.3 Å². The van der Waals surface area contributed by atoms with E-state index in [1.807, 2.05) is 22.0 Å². The first-order valence-corrected chi connectivity index (χ1v) is 7.52. The van der Waals surface area contributed by atoms with E-state index in [1.54, 1.807) is 6.66 Å². The molecule has 0 amide bonds. The fourth-order valence-corrected chi connectivity index (χ4v) is 1.23. The molecule has 0 aliphatic heterocycles. The molecule has 0 spiro atoms. The molecule has 0 N–H and O–H groups in total. The Morgan fingerprint density at radius 3 is 2.64 bits per heavy atom. The van der Waals surface area contributed by atoms with Crippen LogP contribution in [0.1, 0.15) is 0 Å². The van der Waals surface area contributed by atoms with Gasteiger partial charge in [-0.25, -0.2) is 4.85 Å². The maximum atomic E-state index is 10.8. The molecule has 1 unspecified atom stereocenters. The summed E-state index contributed by atoms with van der Waals surface area (Å²) in [7, 11) is 5.44. The van der Waals surface area contributed by atoms with Gasteiger partial charge in [-0.1, -0.05) is 6.58 Å². The van der Waals surface area contributed by atoms with E-state index in [2.05, 4.69) is 11.4 Å². The van der Waals surface area contributed by atoms with Crippen LogP contribution < -0.4 is 0 Å². The predicted molar refractivity (Wildman–Crippen MR) is 54.5 cm³/mol. The molecule has 11 heavy (non-hydrogen) atoms. The lowest BCUT2D eigenvalue weighted by Crippen LogP contribution is -2.02. The minimum Gasteiger partial charge on any atom is -0.330 e. The van der Waals surface area contributed by atoms with E-state index in [9.17, 15) is 4.79 Å². The molecule has 56 valence electrons. The molecule has 2 radical (unpaired) electrons. The molecule has 0 aliphatic carbocycles. The molecule has 0 fully saturated rings. The van der Waals surface area contributed by atoms with Crippen molar-refractivity contribution in [3.63, 3.8) is 0 Å². The lowest BCUT2D eigenvalue weighted by Gasteiger charge is -2.06. The Morgan fingerprint density at radius 2 is 2.36 bits per heavy atom. The molecule has 0 saturated heterocycles. The average molecular weight is 280 g/mol. The summed E-state index contributed by atoms with van der Waals surface area (Å²) in [5, 5.41) is -2.12. The SMILES string of the molecule is [B][P+](C)(I)OC(=O)C(=C)[N+]#[C-]. The minimum atomic E-state index is -2.12. The molecule has 0 aromatic rings. The van der Waals surface area contributed by atoms with E-state index in [1.165, 1.54) is 0 Å². The predicted octanol–water partition coefficient (Wildman–Crippen LogP) is 1.96. The van der Waals surface area contributed by atoms with Gasteiger partial charge in [0.1, 0.15) is 0 Å². The lowest BCUT2D eigenvalue weighted by atomic mass is 10.5. The van der Waals surface area contributed by atoms with Gasteiger partial charge in [0, 0.05) is 0 Å². The summed E-state index contributed by atoms with van der Waals surface area (Å²) in [6, 6.07) is 0. The molecule has 6 heteroatoms. The smallest absolute Gasteiger partial charge is 0.330 e. The number of halogens is 1. The number of rotatable bonds is 2. The Hall–Kier alpha value is -0.0751. The number of carbonyl (C=O) groups is 1. The fourth-order valence-electron chi connectivity index (χ4n) is 0.260. The van der Waals surface area contributed by atoms with Crippen LogP contribution in [0.4, 0.5) is 0 Å². The number of carbonyl (C=O) groups excluding carboxylic acids is 1. The summed E-state index contributed by atoms with van der Waals surface area (Å²) in [5.74, 6) is -0.729. The molecule has 3 nitrogen and oxygen atoms in total. The molecular weight excluding hydrogens is 275 g/mol. The van der Waals surface area contributed by atoms with Crippen LogP contribution in [-0.4, -0.2) is 20.2 Å². The van der Waals surface area contributed by atoms with Gasteiger partial charge in [0.2, 0.25) is 0 Å². The van der Waals surface area contributed by atoms with Gasteiger partial charge < -0.3 is 4.52 Å².